The molecule has 0 spiro atoms. The van der Waals surface area contributed by atoms with E-state index < -0.39 is 0 Å². The van der Waals surface area contributed by atoms with Gasteiger partial charge in [-0.05, 0) is 86.0 Å². The first-order chi connectivity index (χ1) is 12.5. The summed E-state index contributed by atoms with van der Waals surface area (Å²) < 4.78 is 2.59. The van der Waals surface area contributed by atoms with Crippen molar-refractivity contribution in [3.8, 4) is 0 Å². The van der Waals surface area contributed by atoms with E-state index in [0.717, 1.165) is 37.4 Å². The van der Waals surface area contributed by atoms with E-state index >= 15 is 0 Å². The number of aromatic nitrogens is 2. The highest BCUT2D eigenvalue weighted by Gasteiger charge is 2.26. The van der Waals surface area contributed by atoms with E-state index in [2.05, 4.69) is 72.6 Å². The lowest BCUT2D eigenvalue weighted by molar-refractivity contribution is 0.310. The maximum absolute atomic E-state index is 4.56. The predicted molar refractivity (Wildman–Crippen MR) is 108 cm³/mol. The summed E-state index contributed by atoms with van der Waals surface area (Å²) in [6.07, 6.45) is 3.54. The van der Waals surface area contributed by atoms with Gasteiger partial charge in [-0.3, -0.25) is 4.98 Å². The number of pyridine rings is 1. The SMILES string of the molecule is Cc1cc2c3c(c1)c1c(n3CC(c3cc(C)nc(C)c3)=C2)CCN(C)C1. The Morgan fingerprint density at radius 1 is 0.962 bits per heavy atom. The van der Waals surface area contributed by atoms with E-state index in [1.54, 1.807) is 0 Å². The average molecular weight is 343 g/mol. The second-order valence-corrected chi connectivity index (χ2v) is 8.06. The molecule has 3 nitrogen and oxygen atoms in total. The van der Waals surface area contributed by atoms with Gasteiger partial charge in [0.05, 0.1) is 5.52 Å². The van der Waals surface area contributed by atoms with E-state index in [4.69, 9.17) is 0 Å². The number of aryl methyl sites for hydroxylation is 3. The van der Waals surface area contributed by atoms with Gasteiger partial charge in [0.1, 0.15) is 0 Å². The quantitative estimate of drug-likeness (QED) is 0.648. The van der Waals surface area contributed by atoms with E-state index in [0.29, 0.717) is 0 Å². The molecule has 0 radical (unpaired) electrons. The number of allylic oxidation sites excluding steroid dienone is 1. The van der Waals surface area contributed by atoms with Gasteiger partial charge < -0.3 is 9.47 Å². The van der Waals surface area contributed by atoms with Crippen LogP contribution in [0.3, 0.4) is 0 Å². The monoisotopic (exact) mass is 343 g/mol. The number of nitrogens with zero attached hydrogens (tertiary/aromatic N) is 3. The molecule has 4 heterocycles. The first kappa shape index (κ1) is 15.8. The van der Waals surface area contributed by atoms with Crippen molar-refractivity contribution in [3.05, 3.63) is 63.6 Å². The smallest absolute Gasteiger partial charge is 0.0562 e. The number of likely N-dealkylation sites (N-methyl/N-ethyl adjacent to an activating group) is 1. The van der Waals surface area contributed by atoms with Crippen molar-refractivity contribution in [2.45, 2.75) is 40.3 Å². The molecule has 2 aromatic heterocycles. The Kier molecular flexibility index (Phi) is 3.38. The highest BCUT2D eigenvalue weighted by atomic mass is 15.1. The van der Waals surface area contributed by atoms with Crippen LogP contribution in [0.5, 0.6) is 0 Å². The fraction of sp³-hybridized carbons (Fsp3) is 0.348. The molecule has 0 amide bonds. The number of hydrogen-bond donors (Lipinski definition) is 0. The van der Waals surface area contributed by atoms with Gasteiger partial charge in [-0.2, -0.15) is 0 Å². The molecular weight excluding hydrogens is 318 g/mol. The summed E-state index contributed by atoms with van der Waals surface area (Å²) >= 11 is 0. The maximum Gasteiger partial charge on any atom is 0.0562 e. The third-order valence-corrected chi connectivity index (χ3v) is 5.82. The molecule has 0 saturated heterocycles. The molecule has 5 rings (SSSR count). The van der Waals surface area contributed by atoms with Crippen LogP contribution in [-0.2, 0) is 19.5 Å². The summed E-state index contributed by atoms with van der Waals surface area (Å²) in [5, 5.41) is 1.46. The van der Waals surface area contributed by atoms with Crippen LogP contribution in [-0.4, -0.2) is 28.0 Å². The minimum Gasteiger partial charge on any atom is -0.339 e. The van der Waals surface area contributed by atoms with Crippen LogP contribution in [0.2, 0.25) is 0 Å². The van der Waals surface area contributed by atoms with Crippen molar-refractivity contribution >= 4 is 22.6 Å². The summed E-state index contributed by atoms with van der Waals surface area (Å²) in [6, 6.07) is 9.17. The van der Waals surface area contributed by atoms with Crippen molar-refractivity contribution in [3.63, 3.8) is 0 Å². The van der Waals surface area contributed by atoms with Crippen LogP contribution in [0.1, 0.15) is 39.3 Å². The molecule has 0 N–H and O–H groups in total. The van der Waals surface area contributed by atoms with Crippen LogP contribution in [0.25, 0.3) is 22.6 Å². The lowest BCUT2D eigenvalue weighted by Gasteiger charge is -2.25. The summed E-state index contributed by atoms with van der Waals surface area (Å²) in [5.41, 5.74) is 12.1. The zero-order chi connectivity index (χ0) is 18.0. The number of fused-ring (bicyclic) bond motifs is 3. The molecule has 0 saturated carbocycles. The zero-order valence-corrected chi connectivity index (χ0v) is 16.1. The molecule has 0 aliphatic carbocycles. The van der Waals surface area contributed by atoms with Crippen LogP contribution < -0.4 is 0 Å². The Morgan fingerprint density at radius 2 is 1.73 bits per heavy atom. The Bertz CT molecular complexity index is 1060. The fourth-order valence-corrected chi connectivity index (χ4v) is 4.78. The number of hydrogen-bond acceptors (Lipinski definition) is 2. The Balaban J connectivity index is 1.75. The van der Waals surface area contributed by atoms with Gasteiger partial charge in [0.15, 0.2) is 0 Å². The molecule has 0 bridgehead atoms. The molecule has 3 heteroatoms. The van der Waals surface area contributed by atoms with Gasteiger partial charge in [-0.15, -0.1) is 0 Å². The molecule has 0 fully saturated rings. The van der Waals surface area contributed by atoms with Crippen molar-refractivity contribution in [2.24, 2.45) is 0 Å². The second-order valence-electron chi connectivity index (χ2n) is 8.06. The predicted octanol–water partition coefficient (Wildman–Crippen LogP) is 4.50. The van der Waals surface area contributed by atoms with Crippen molar-refractivity contribution in [1.29, 1.82) is 0 Å². The number of rotatable bonds is 1. The molecule has 132 valence electrons. The topological polar surface area (TPSA) is 21.1 Å². The largest absolute Gasteiger partial charge is 0.339 e. The van der Waals surface area contributed by atoms with E-state index in [1.165, 1.54) is 44.4 Å². The molecule has 2 aliphatic rings. The highest BCUT2D eigenvalue weighted by molar-refractivity contribution is 5.99. The minimum atomic E-state index is 0.967. The molecule has 26 heavy (non-hydrogen) atoms. The highest BCUT2D eigenvalue weighted by Crippen LogP contribution is 2.39. The fourth-order valence-electron chi connectivity index (χ4n) is 4.78. The van der Waals surface area contributed by atoms with Crippen LogP contribution in [0, 0.1) is 20.8 Å². The van der Waals surface area contributed by atoms with Gasteiger partial charge in [0.25, 0.3) is 0 Å². The van der Waals surface area contributed by atoms with E-state index in [1.807, 2.05) is 0 Å². The Labute approximate surface area is 155 Å². The van der Waals surface area contributed by atoms with Gasteiger partial charge >= 0.3 is 0 Å². The molecule has 0 atom stereocenters. The molecule has 3 aromatic rings. The lowest BCUT2D eigenvalue weighted by Crippen LogP contribution is -2.27. The minimum absolute atomic E-state index is 0.967. The average Bonchev–Trinajstić information content (AvgIpc) is 2.88. The van der Waals surface area contributed by atoms with Crippen LogP contribution >= 0.6 is 0 Å². The third kappa shape index (κ3) is 2.34. The number of benzene rings is 1. The summed E-state index contributed by atoms with van der Waals surface area (Å²) in [6.45, 7) is 9.56. The third-order valence-electron chi connectivity index (χ3n) is 5.82. The van der Waals surface area contributed by atoms with E-state index in [9.17, 15) is 0 Å². The van der Waals surface area contributed by atoms with Gasteiger partial charge in [0, 0.05) is 48.5 Å². The van der Waals surface area contributed by atoms with Gasteiger partial charge in [0.2, 0.25) is 0 Å². The van der Waals surface area contributed by atoms with Crippen molar-refractivity contribution < 1.29 is 0 Å². The zero-order valence-electron chi connectivity index (χ0n) is 16.1. The van der Waals surface area contributed by atoms with Crippen molar-refractivity contribution in [1.82, 2.24) is 14.5 Å². The van der Waals surface area contributed by atoms with E-state index in [-0.39, 0.29) is 0 Å². The van der Waals surface area contributed by atoms with Gasteiger partial charge in [-0.1, -0.05) is 0 Å². The molecule has 1 aromatic carbocycles. The van der Waals surface area contributed by atoms with Crippen LogP contribution in [0.15, 0.2) is 24.3 Å². The summed E-state index contributed by atoms with van der Waals surface area (Å²) in [7, 11) is 2.23. The first-order valence-electron chi connectivity index (χ1n) is 9.49. The lowest BCUT2D eigenvalue weighted by atomic mass is 9.96. The normalized spacial score (nSPS) is 16.7. The molecule has 0 unspecified atom stereocenters. The second kappa shape index (κ2) is 5.55. The first-order valence-corrected chi connectivity index (χ1v) is 9.49. The Morgan fingerprint density at radius 3 is 2.50 bits per heavy atom. The maximum atomic E-state index is 4.56. The summed E-state index contributed by atoms with van der Waals surface area (Å²) in [4.78, 5) is 7.00. The molecule has 2 aliphatic heterocycles. The molecular formula is C23H25N3. The summed E-state index contributed by atoms with van der Waals surface area (Å²) in [5.74, 6) is 0. The van der Waals surface area contributed by atoms with Crippen molar-refractivity contribution in [2.75, 3.05) is 13.6 Å². The Hall–Kier alpha value is -2.39. The van der Waals surface area contributed by atoms with Gasteiger partial charge in [-0.25, -0.2) is 0 Å². The van der Waals surface area contributed by atoms with Crippen LogP contribution in [0.4, 0.5) is 0 Å². The standard InChI is InChI=1S/C23H25N3/c1-14-7-18-11-19(17-9-15(2)24-16(3)10-17)12-26-22-5-6-25(4)13-21(22)20(8-14)23(18)26/h7-11H,5-6,12-13H2,1-4H3.